The first-order chi connectivity index (χ1) is 16.9. The van der Waals surface area contributed by atoms with E-state index in [1.54, 1.807) is 6.92 Å². The first-order valence-electron chi connectivity index (χ1n) is 11.7. The molecule has 0 aromatic heterocycles. The molecule has 184 valence electrons. The number of hydrogen-bond donors (Lipinski definition) is 3. The van der Waals surface area contributed by atoms with Crippen LogP contribution in [0.15, 0.2) is 48.5 Å². The number of ether oxygens (including phenoxy) is 1. The van der Waals surface area contributed by atoms with Crippen molar-refractivity contribution in [2.24, 2.45) is 5.92 Å². The normalized spacial score (nSPS) is 18.8. The van der Waals surface area contributed by atoms with Gasteiger partial charge in [0.2, 0.25) is 11.8 Å². The highest BCUT2D eigenvalue weighted by Gasteiger charge is 2.35. The summed E-state index contributed by atoms with van der Waals surface area (Å²) in [6, 6.07) is 15.6. The van der Waals surface area contributed by atoms with E-state index in [2.05, 4.69) is 10.6 Å². The summed E-state index contributed by atoms with van der Waals surface area (Å²) in [7, 11) is 0. The highest BCUT2D eigenvalue weighted by molar-refractivity contribution is 5.87. The molecule has 1 heterocycles. The molecular formula is C26H29N3O6. The Hall–Kier alpha value is -3.88. The van der Waals surface area contributed by atoms with Gasteiger partial charge >= 0.3 is 12.1 Å². The number of aliphatic carboxylic acids is 1. The predicted octanol–water partition coefficient (Wildman–Crippen LogP) is 2.35. The van der Waals surface area contributed by atoms with E-state index in [1.165, 1.54) is 4.90 Å². The second-order valence-electron chi connectivity index (χ2n) is 8.87. The van der Waals surface area contributed by atoms with Crippen molar-refractivity contribution in [2.75, 3.05) is 26.2 Å². The molecule has 9 heteroatoms. The predicted molar refractivity (Wildman–Crippen MR) is 128 cm³/mol. The molecule has 35 heavy (non-hydrogen) atoms. The van der Waals surface area contributed by atoms with Crippen molar-refractivity contribution in [1.82, 2.24) is 15.5 Å². The third-order valence-electron chi connectivity index (χ3n) is 6.80. The van der Waals surface area contributed by atoms with E-state index in [0.29, 0.717) is 19.4 Å². The van der Waals surface area contributed by atoms with Crippen molar-refractivity contribution in [3.8, 4) is 11.1 Å². The molecule has 1 aliphatic heterocycles. The molecule has 0 saturated carbocycles. The minimum absolute atomic E-state index is 0.0826. The van der Waals surface area contributed by atoms with Crippen molar-refractivity contribution in [3.63, 3.8) is 0 Å². The Morgan fingerprint density at radius 3 is 2.23 bits per heavy atom. The number of carboxylic acid groups (broad SMARTS) is 1. The van der Waals surface area contributed by atoms with E-state index < -0.39 is 29.9 Å². The average molecular weight is 480 g/mol. The molecule has 0 bridgehead atoms. The number of amides is 3. The molecule has 2 aromatic carbocycles. The first kappa shape index (κ1) is 24.3. The van der Waals surface area contributed by atoms with Gasteiger partial charge in [-0.3, -0.25) is 14.4 Å². The van der Waals surface area contributed by atoms with Crippen LogP contribution in [0.4, 0.5) is 4.79 Å². The molecule has 2 aromatic rings. The zero-order valence-corrected chi connectivity index (χ0v) is 19.5. The largest absolute Gasteiger partial charge is 0.481 e. The summed E-state index contributed by atoms with van der Waals surface area (Å²) in [5.74, 6) is -2.50. The summed E-state index contributed by atoms with van der Waals surface area (Å²) in [5.41, 5.74) is 4.43. The van der Waals surface area contributed by atoms with Crippen molar-refractivity contribution in [2.45, 2.75) is 31.7 Å². The summed E-state index contributed by atoms with van der Waals surface area (Å²) >= 11 is 0. The number of carbonyl (C=O) groups excluding carboxylic acids is 3. The number of nitrogens with one attached hydrogen (secondary N) is 2. The molecule has 0 unspecified atom stereocenters. The monoisotopic (exact) mass is 479 g/mol. The lowest BCUT2D eigenvalue weighted by Gasteiger charge is -2.37. The van der Waals surface area contributed by atoms with Gasteiger partial charge in [0.15, 0.2) is 0 Å². The summed E-state index contributed by atoms with van der Waals surface area (Å²) in [6.45, 7) is 1.70. The number of hydrogen-bond acceptors (Lipinski definition) is 5. The number of carbonyl (C=O) groups is 4. The zero-order chi connectivity index (χ0) is 24.9. The van der Waals surface area contributed by atoms with E-state index in [1.807, 2.05) is 48.5 Å². The second kappa shape index (κ2) is 10.6. The van der Waals surface area contributed by atoms with E-state index in [-0.39, 0.29) is 31.5 Å². The standard InChI is InChI=1S/C26H29N3O6/c1-16-17(25(32)33)11-6-12-29(16)24(31)14-27-23(30)13-28-26(34)35-15-22-20-9-4-2-7-18(20)19-8-3-5-10-21(19)22/h2-5,7-10,16-17,22H,6,11-15H2,1H3,(H,27,30)(H,28,34)(H,32,33)/t16-,17-/m0/s1. The lowest BCUT2D eigenvalue weighted by Crippen LogP contribution is -2.52. The van der Waals surface area contributed by atoms with E-state index in [9.17, 15) is 24.3 Å². The lowest BCUT2D eigenvalue weighted by molar-refractivity contribution is -0.149. The summed E-state index contributed by atoms with van der Waals surface area (Å²) in [5, 5.41) is 14.2. The van der Waals surface area contributed by atoms with Gasteiger partial charge in [0.1, 0.15) is 13.2 Å². The molecule has 3 amide bonds. The lowest BCUT2D eigenvalue weighted by atomic mass is 9.90. The molecule has 1 aliphatic carbocycles. The maximum absolute atomic E-state index is 12.5. The number of nitrogens with zero attached hydrogens (tertiary/aromatic N) is 1. The van der Waals surface area contributed by atoms with Gasteiger partial charge < -0.3 is 25.4 Å². The Kier molecular flexibility index (Phi) is 7.33. The van der Waals surface area contributed by atoms with Crippen LogP contribution in [0.2, 0.25) is 0 Å². The summed E-state index contributed by atoms with van der Waals surface area (Å²) < 4.78 is 5.40. The van der Waals surface area contributed by atoms with Crippen LogP contribution in [0.25, 0.3) is 11.1 Å². The third kappa shape index (κ3) is 5.29. The van der Waals surface area contributed by atoms with Crippen LogP contribution in [0, 0.1) is 5.92 Å². The van der Waals surface area contributed by atoms with Crippen molar-refractivity contribution in [1.29, 1.82) is 0 Å². The maximum atomic E-state index is 12.5. The molecule has 0 spiro atoms. The Labute approximate surface area is 203 Å². The number of rotatable bonds is 7. The van der Waals surface area contributed by atoms with Crippen LogP contribution < -0.4 is 10.6 Å². The van der Waals surface area contributed by atoms with E-state index in [4.69, 9.17) is 4.74 Å². The molecule has 1 fully saturated rings. The molecule has 4 rings (SSSR count). The topological polar surface area (TPSA) is 125 Å². The van der Waals surface area contributed by atoms with Gasteiger partial charge in [-0.15, -0.1) is 0 Å². The van der Waals surface area contributed by atoms with E-state index >= 15 is 0 Å². The Morgan fingerprint density at radius 1 is 0.971 bits per heavy atom. The first-order valence-corrected chi connectivity index (χ1v) is 11.7. The van der Waals surface area contributed by atoms with Gasteiger partial charge in [-0.1, -0.05) is 48.5 Å². The fraction of sp³-hybridized carbons (Fsp3) is 0.385. The molecule has 2 aliphatic rings. The van der Waals surface area contributed by atoms with E-state index in [0.717, 1.165) is 22.3 Å². The second-order valence-corrected chi connectivity index (χ2v) is 8.87. The minimum Gasteiger partial charge on any atom is -0.481 e. The smallest absolute Gasteiger partial charge is 0.407 e. The SMILES string of the molecule is C[C@H]1[C@@H](C(=O)O)CCCN1C(=O)CNC(=O)CNC(=O)OCC1c2ccccc2-c2ccccc21. The maximum Gasteiger partial charge on any atom is 0.407 e. The van der Waals surface area contributed by atoms with Crippen LogP contribution >= 0.6 is 0 Å². The van der Waals surface area contributed by atoms with Crippen LogP contribution in [-0.4, -0.2) is 66.2 Å². The highest BCUT2D eigenvalue weighted by Crippen LogP contribution is 2.44. The Bertz CT molecular complexity index is 1090. The van der Waals surface area contributed by atoms with Crippen molar-refractivity contribution >= 4 is 23.9 Å². The summed E-state index contributed by atoms with van der Waals surface area (Å²) in [6.07, 6.45) is 0.406. The van der Waals surface area contributed by atoms with Crippen LogP contribution in [-0.2, 0) is 19.1 Å². The van der Waals surface area contributed by atoms with Gasteiger partial charge in [0.05, 0.1) is 12.5 Å². The van der Waals surface area contributed by atoms with Crippen LogP contribution in [0.1, 0.15) is 36.8 Å². The van der Waals surface area contributed by atoms with Gasteiger partial charge in [0.25, 0.3) is 0 Å². The Balaban J connectivity index is 1.22. The number of fused-ring (bicyclic) bond motifs is 3. The van der Waals surface area contributed by atoms with Crippen LogP contribution in [0.5, 0.6) is 0 Å². The molecular weight excluding hydrogens is 450 g/mol. The van der Waals surface area contributed by atoms with Crippen LogP contribution in [0.3, 0.4) is 0 Å². The average Bonchev–Trinajstić information content (AvgIpc) is 3.18. The quantitative estimate of drug-likeness (QED) is 0.560. The van der Waals surface area contributed by atoms with Gasteiger partial charge in [-0.05, 0) is 42.0 Å². The number of piperidine rings is 1. The summed E-state index contributed by atoms with van der Waals surface area (Å²) in [4.78, 5) is 49.7. The molecule has 1 saturated heterocycles. The third-order valence-corrected chi connectivity index (χ3v) is 6.80. The highest BCUT2D eigenvalue weighted by atomic mass is 16.5. The van der Waals surface area contributed by atoms with Crippen molar-refractivity contribution < 1.29 is 29.0 Å². The number of benzene rings is 2. The number of carboxylic acids is 1. The van der Waals surface area contributed by atoms with Gasteiger partial charge in [-0.25, -0.2) is 4.79 Å². The van der Waals surface area contributed by atoms with Gasteiger partial charge in [0, 0.05) is 18.5 Å². The molecule has 0 radical (unpaired) electrons. The zero-order valence-electron chi connectivity index (χ0n) is 19.5. The number of alkyl carbamates (subject to hydrolysis) is 1. The minimum atomic E-state index is -0.925. The Morgan fingerprint density at radius 2 is 1.60 bits per heavy atom. The van der Waals surface area contributed by atoms with Gasteiger partial charge in [-0.2, -0.15) is 0 Å². The van der Waals surface area contributed by atoms with Crippen molar-refractivity contribution in [3.05, 3.63) is 59.7 Å². The fourth-order valence-corrected chi connectivity index (χ4v) is 4.97. The fourth-order valence-electron chi connectivity index (χ4n) is 4.97. The molecule has 3 N–H and O–H groups in total. The molecule has 2 atom stereocenters. The molecule has 9 nitrogen and oxygen atoms in total. The number of likely N-dealkylation sites (tertiary alicyclic amines) is 1.